The number of aryl methyl sites for hydroxylation is 1. The van der Waals surface area contributed by atoms with Crippen molar-refractivity contribution in [2.45, 2.75) is 6.92 Å². The Kier molecular flexibility index (Phi) is 5.67. The van der Waals surface area contributed by atoms with E-state index < -0.39 is 0 Å². The van der Waals surface area contributed by atoms with E-state index >= 15 is 0 Å². The van der Waals surface area contributed by atoms with Crippen LogP contribution in [0.1, 0.15) is 15.9 Å². The van der Waals surface area contributed by atoms with Gasteiger partial charge in [-0.15, -0.1) is 0 Å². The average molecular weight is 320 g/mol. The first-order valence-corrected chi connectivity index (χ1v) is 7.29. The Morgan fingerprint density at radius 2 is 1.91 bits per heavy atom. The molecule has 116 valence electrons. The Hall–Kier alpha value is -2.20. The van der Waals surface area contributed by atoms with Crippen LogP contribution in [0, 0.1) is 6.92 Å². The smallest absolute Gasteiger partial charge is 0.339 e. The molecule has 1 N–H and O–H groups in total. The van der Waals surface area contributed by atoms with Crippen LogP contribution >= 0.6 is 11.6 Å². The molecule has 0 unspecified atom stereocenters. The molecule has 0 fully saturated rings. The van der Waals surface area contributed by atoms with E-state index in [0.29, 0.717) is 23.7 Å². The first-order chi connectivity index (χ1) is 10.6. The van der Waals surface area contributed by atoms with Gasteiger partial charge in [-0.2, -0.15) is 0 Å². The molecule has 0 heterocycles. The predicted octanol–water partition coefficient (Wildman–Crippen LogP) is 3.93. The van der Waals surface area contributed by atoms with Crippen molar-refractivity contribution in [3.8, 4) is 5.75 Å². The van der Waals surface area contributed by atoms with Crippen molar-refractivity contribution >= 4 is 23.3 Å². The van der Waals surface area contributed by atoms with Gasteiger partial charge in [0.05, 0.1) is 12.7 Å². The maximum Gasteiger partial charge on any atom is 0.339 e. The van der Waals surface area contributed by atoms with E-state index in [0.717, 1.165) is 17.0 Å². The van der Waals surface area contributed by atoms with Gasteiger partial charge in [-0.25, -0.2) is 4.79 Å². The van der Waals surface area contributed by atoms with Gasteiger partial charge in [-0.3, -0.25) is 0 Å². The van der Waals surface area contributed by atoms with Crippen LogP contribution in [0.15, 0.2) is 42.5 Å². The zero-order chi connectivity index (χ0) is 15.9. The molecule has 2 aromatic rings. The molecule has 0 radical (unpaired) electrons. The van der Waals surface area contributed by atoms with Gasteiger partial charge in [0.1, 0.15) is 12.4 Å². The van der Waals surface area contributed by atoms with E-state index in [1.165, 1.54) is 7.11 Å². The van der Waals surface area contributed by atoms with Gasteiger partial charge in [0.25, 0.3) is 0 Å². The van der Waals surface area contributed by atoms with Gasteiger partial charge in [-0.05, 0) is 43.3 Å². The van der Waals surface area contributed by atoms with Crippen LogP contribution in [0.3, 0.4) is 0 Å². The molecular formula is C17H18ClNO3. The molecule has 0 amide bonds. The van der Waals surface area contributed by atoms with Crippen LogP contribution < -0.4 is 10.1 Å². The molecule has 0 aliphatic heterocycles. The number of benzene rings is 2. The van der Waals surface area contributed by atoms with E-state index in [-0.39, 0.29) is 5.97 Å². The van der Waals surface area contributed by atoms with Crippen molar-refractivity contribution in [3.63, 3.8) is 0 Å². The maximum atomic E-state index is 11.8. The third kappa shape index (κ3) is 4.40. The van der Waals surface area contributed by atoms with Crippen LogP contribution in [0.2, 0.25) is 5.02 Å². The molecule has 5 heteroatoms. The fraction of sp³-hybridized carbons (Fsp3) is 0.235. The number of ether oxygens (including phenoxy) is 2. The third-order valence-electron chi connectivity index (χ3n) is 3.08. The number of nitrogens with one attached hydrogen (secondary N) is 1. The summed E-state index contributed by atoms with van der Waals surface area (Å²) in [7, 11) is 1.37. The van der Waals surface area contributed by atoms with E-state index in [2.05, 4.69) is 5.32 Å². The number of methoxy groups -OCH3 is 1. The Morgan fingerprint density at radius 3 is 2.59 bits per heavy atom. The normalized spacial score (nSPS) is 10.1. The van der Waals surface area contributed by atoms with E-state index in [9.17, 15) is 4.79 Å². The fourth-order valence-electron chi connectivity index (χ4n) is 1.98. The number of halogens is 1. The van der Waals surface area contributed by atoms with Crippen molar-refractivity contribution in [1.29, 1.82) is 0 Å². The topological polar surface area (TPSA) is 47.6 Å². The minimum Gasteiger partial charge on any atom is -0.492 e. The minimum atomic E-state index is -0.357. The summed E-state index contributed by atoms with van der Waals surface area (Å²) in [6, 6.07) is 12.8. The number of carbonyl (C=O) groups is 1. The highest BCUT2D eigenvalue weighted by Crippen LogP contribution is 2.19. The lowest BCUT2D eigenvalue weighted by Gasteiger charge is -2.12. The van der Waals surface area contributed by atoms with Crippen molar-refractivity contribution in [2.24, 2.45) is 0 Å². The molecule has 2 aromatic carbocycles. The molecule has 22 heavy (non-hydrogen) atoms. The number of hydrogen-bond donors (Lipinski definition) is 1. The molecule has 0 saturated heterocycles. The number of rotatable bonds is 6. The first-order valence-electron chi connectivity index (χ1n) is 6.91. The van der Waals surface area contributed by atoms with Gasteiger partial charge in [0, 0.05) is 17.3 Å². The summed E-state index contributed by atoms with van der Waals surface area (Å²) < 4.78 is 10.4. The molecule has 0 aliphatic rings. The van der Waals surface area contributed by atoms with Crippen LogP contribution in [-0.4, -0.2) is 26.2 Å². The quantitative estimate of drug-likeness (QED) is 0.647. The second kappa shape index (κ2) is 7.71. The number of esters is 1. The molecular weight excluding hydrogens is 302 g/mol. The van der Waals surface area contributed by atoms with Crippen molar-refractivity contribution < 1.29 is 14.3 Å². The van der Waals surface area contributed by atoms with Gasteiger partial charge >= 0.3 is 5.97 Å². The first kappa shape index (κ1) is 16.2. The highest BCUT2D eigenvalue weighted by Gasteiger charge is 2.11. The highest BCUT2D eigenvalue weighted by molar-refractivity contribution is 6.30. The SMILES string of the molecule is COC(=O)c1cc(C)ccc1NCCOc1ccc(Cl)cc1. The standard InChI is InChI=1S/C17H18ClNO3/c1-12-3-8-16(15(11-12)17(20)21-2)19-9-10-22-14-6-4-13(18)5-7-14/h3-8,11,19H,9-10H2,1-2H3. The molecule has 0 bridgehead atoms. The second-order valence-corrected chi connectivity index (χ2v) is 5.21. The summed E-state index contributed by atoms with van der Waals surface area (Å²) in [5, 5.41) is 3.86. The van der Waals surface area contributed by atoms with Crippen LogP contribution in [0.5, 0.6) is 5.75 Å². The van der Waals surface area contributed by atoms with Crippen LogP contribution in [-0.2, 0) is 4.74 Å². The molecule has 0 aliphatic carbocycles. The molecule has 4 nitrogen and oxygen atoms in total. The average Bonchev–Trinajstić information content (AvgIpc) is 2.53. The van der Waals surface area contributed by atoms with Gasteiger partial charge in [0.2, 0.25) is 0 Å². The Labute approximate surface area is 135 Å². The third-order valence-corrected chi connectivity index (χ3v) is 3.33. The van der Waals surface area contributed by atoms with E-state index in [1.807, 2.05) is 31.2 Å². The zero-order valence-electron chi connectivity index (χ0n) is 12.6. The minimum absolute atomic E-state index is 0.357. The molecule has 0 spiro atoms. The van der Waals surface area contributed by atoms with Gasteiger partial charge in [-0.1, -0.05) is 23.2 Å². The summed E-state index contributed by atoms with van der Waals surface area (Å²) >= 11 is 5.81. The molecule has 2 rings (SSSR count). The van der Waals surface area contributed by atoms with Crippen molar-refractivity contribution in [3.05, 3.63) is 58.6 Å². The monoisotopic (exact) mass is 319 g/mol. The zero-order valence-corrected chi connectivity index (χ0v) is 13.3. The summed E-state index contributed by atoms with van der Waals surface area (Å²) in [5.74, 6) is 0.396. The molecule has 0 saturated carbocycles. The van der Waals surface area contributed by atoms with Gasteiger partial charge < -0.3 is 14.8 Å². The summed E-state index contributed by atoms with van der Waals surface area (Å²) in [6.45, 7) is 2.96. The summed E-state index contributed by atoms with van der Waals surface area (Å²) in [5.41, 5.74) is 2.26. The summed E-state index contributed by atoms with van der Waals surface area (Å²) in [6.07, 6.45) is 0. The Bertz CT molecular complexity index is 641. The second-order valence-electron chi connectivity index (χ2n) is 4.77. The summed E-state index contributed by atoms with van der Waals surface area (Å²) in [4.78, 5) is 11.8. The Balaban J connectivity index is 1.91. The number of hydrogen-bond acceptors (Lipinski definition) is 4. The van der Waals surface area contributed by atoms with E-state index in [1.54, 1.807) is 18.2 Å². The molecule has 0 aromatic heterocycles. The lowest BCUT2D eigenvalue weighted by atomic mass is 10.1. The number of carbonyl (C=O) groups excluding carboxylic acids is 1. The molecule has 0 atom stereocenters. The van der Waals surface area contributed by atoms with E-state index in [4.69, 9.17) is 21.1 Å². The predicted molar refractivity (Wildman–Crippen MR) is 88.0 cm³/mol. The highest BCUT2D eigenvalue weighted by atomic mass is 35.5. The largest absolute Gasteiger partial charge is 0.492 e. The lowest BCUT2D eigenvalue weighted by Crippen LogP contribution is -2.14. The van der Waals surface area contributed by atoms with Crippen molar-refractivity contribution in [1.82, 2.24) is 0 Å². The van der Waals surface area contributed by atoms with Crippen LogP contribution in [0.25, 0.3) is 0 Å². The fourth-order valence-corrected chi connectivity index (χ4v) is 2.10. The number of anilines is 1. The van der Waals surface area contributed by atoms with Crippen molar-refractivity contribution in [2.75, 3.05) is 25.6 Å². The van der Waals surface area contributed by atoms with Crippen LogP contribution in [0.4, 0.5) is 5.69 Å². The Morgan fingerprint density at radius 1 is 1.18 bits per heavy atom. The van der Waals surface area contributed by atoms with Gasteiger partial charge in [0.15, 0.2) is 0 Å². The maximum absolute atomic E-state index is 11.8. The lowest BCUT2D eigenvalue weighted by molar-refractivity contribution is 0.0601.